The number of halogens is 1. The summed E-state index contributed by atoms with van der Waals surface area (Å²) in [5.74, 6) is -0.925. The van der Waals surface area contributed by atoms with Gasteiger partial charge >= 0.3 is 5.97 Å². The molecule has 5 heteroatoms. The van der Waals surface area contributed by atoms with Crippen molar-refractivity contribution in [2.24, 2.45) is 0 Å². The van der Waals surface area contributed by atoms with E-state index in [9.17, 15) is 15.0 Å². The van der Waals surface area contributed by atoms with Crippen molar-refractivity contribution in [3.05, 3.63) is 47.5 Å². The molecule has 0 aliphatic heterocycles. The average molecular weight is 465 g/mol. The van der Waals surface area contributed by atoms with Crippen LogP contribution in [0.3, 0.4) is 0 Å². The van der Waals surface area contributed by atoms with E-state index < -0.39 is 23.1 Å². The van der Waals surface area contributed by atoms with Crippen LogP contribution in [-0.2, 0) is 10.2 Å². The van der Waals surface area contributed by atoms with Gasteiger partial charge in [-0.15, -0.1) is 11.6 Å². The minimum atomic E-state index is -0.772. The van der Waals surface area contributed by atoms with Gasteiger partial charge in [-0.3, -0.25) is 4.79 Å². The Morgan fingerprint density at radius 3 is 2.53 bits per heavy atom. The summed E-state index contributed by atoms with van der Waals surface area (Å²) in [5, 5.41) is 30.2. The van der Waals surface area contributed by atoms with Crippen LogP contribution in [0.25, 0.3) is 0 Å². The molecule has 0 saturated heterocycles. The van der Waals surface area contributed by atoms with Crippen molar-refractivity contribution in [1.82, 2.24) is 0 Å². The van der Waals surface area contributed by atoms with Crippen LogP contribution in [0.4, 0.5) is 0 Å². The first-order chi connectivity index (χ1) is 15.1. The monoisotopic (exact) mass is 464 g/mol. The third kappa shape index (κ3) is 7.07. The van der Waals surface area contributed by atoms with Gasteiger partial charge in [0.25, 0.3) is 0 Å². The highest BCUT2D eigenvalue weighted by molar-refractivity contribution is 6.25. The lowest BCUT2D eigenvalue weighted by molar-refractivity contribution is -0.137. The highest BCUT2D eigenvalue weighted by atomic mass is 35.5. The van der Waals surface area contributed by atoms with Gasteiger partial charge in [-0.2, -0.15) is 0 Å². The maximum absolute atomic E-state index is 10.8. The standard InChI is InChI=1S/C27H41ClO4/c1-4-5-8-11-23(30)26(2,3)21-15-13-20(14-16-21)25-22(29)17-19-27(25,28)18-10-7-6-9-12-24(31)32/h7,10,13-16,22-23,25,29-30H,4-6,8-9,11-12,17-19H2,1-3H3,(H,31,32)/b10-7-. The number of aliphatic hydroxyl groups is 2. The summed E-state index contributed by atoms with van der Waals surface area (Å²) >= 11 is 7.04. The van der Waals surface area contributed by atoms with Crippen molar-refractivity contribution in [3.8, 4) is 0 Å². The molecule has 1 aromatic rings. The van der Waals surface area contributed by atoms with E-state index in [1.807, 2.05) is 12.2 Å². The van der Waals surface area contributed by atoms with E-state index in [0.29, 0.717) is 19.3 Å². The van der Waals surface area contributed by atoms with Crippen LogP contribution >= 0.6 is 11.6 Å². The van der Waals surface area contributed by atoms with E-state index in [1.54, 1.807) is 0 Å². The molecule has 1 aliphatic carbocycles. The number of carboxylic acid groups (broad SMARTS) is 1. The lowest BCUT2D eigenvalue weighted by Gasteiger charge is -2.33. The predicted molar refractivity (Wildman–Crippen MR) is 131 cm³/mol. The zero-order valence-electron chi connectivity index (χ0n) is 19.9. The first-order valence-corrected chi connectivity index (χ1v) is 12.5. The summed E-state index contributed by atoms with van der Waals surface area (Å²) in [5.41, 5.74) is 1.79. The minimum absolute atomic E-state index is 0.153. The van der Waals surface area contributed by atoms with Gasteiger partial charge in [0, 0.05) is 17.8 Å². The average Bonchev–Trinajstić information content (AvgIpc) is 3.05. The molecule has 180 valence electrons. The Hall–Kier alpha value is -1.36. The molecule has 32 heavy (non-hydrogen) atoms. The smallest absolute Gasteiger partial charge is 0.303 e. The number of hydrogen-bond donors (Lipinski definition) is 3. The van der Waals surface area contributed by atoms with Gasteiger partial charge in [0.2, 0.25) is 0 Å². The number of alkyl halides is 1. The highest BCUT2D eigenvalue weighted by Gasteiger charge is 2.46. The molecule has 3 N–H and O–H groups in total. The zero-order chi connectivity index (χ0) is 23.8. The summed E-state index contributed by atoms with van der Waals surface area (Å²) in [6, 6.07) is 8.26. The van der Waals surface area contributed by atoms with Crippen LogP contribution in [0, 0.1) is 0 Å². The number of aliphatic carboxylic acids is 1. The van der Waals surface area contributed by atoms with Gasteiger partial charge in [0.15, 0.2) is 0 Å². The maximum Gasteiger partial charge on any atom is 0.303 e. The molecular weight excluding hydrogens is 424 g/mol. The number of unbranched alkanes of at least 4 members (excludes halogenated alkanes) is 3. The molecule has 0 amide bonds. The number of allylic oxidation sites excluding steroid dienone is 2. The molecule has 4 atom stereocenters. The zero-order valence-corrected chi connectivity index (χ0v) is 20.7. The minimum Gasteiger partial charge on any atom is -0.481 e. The van der Waals surface area contributed by atoms with E-state index in [4.69, 9.17) is 16.7 Å². The Kier molecular flexibility index (Phi) is 10.3. The molecule has 4 nitrogen and oxygen atoms in total. The topological polar surface area (TPSA) is 77.8 Å². The van der Waals surface area contributed by atoms with E-state index >= 15 is 0 Å². The van der Waals surface area contributed by atoms with Gasteiger partial charge < -0.3 is 15.3 Å². The van der Waals surface area contributed by atoms with Gasteiger partial charge in [-0.25, -0.2) is 0 Å². The van der Waals surface area contributed by atoms with E-state index in [-0.39, 0.29) is 17.8 Å². The summed E-state index contributed by atoms with van der Waals surface area (Å²) in [7, 11) is 0. The van der Waals surface area contributed by atoms with E-state index in [2.05, 4.69) is 45.0 Å². The van der Waals surface area contributed by atoms with Crippen LogP contribution in [0.2, 0.25) is 0 Å². The van der Waals surface area contributed by atoms with Gasteiger partial charge in [0.05, 0.1) is 17.1 Å². The molecule has 0 heterocycles. The van der Waals surface area contributed by atoms with Crippen LogP contribution in [0.15, 0.2) is 36.4 Å². The summed E-state index contributed by atoms with van der Waals surface area (Å²) < 4.78 is 0. The number of aliphatic hydroxyl groups excluding tert-OH is 2. The Balaban J connectivity index is 2.06. The van der Waals surface area contributed by atoms with E-state index in [1.165, 1.54) is 0 Å². The fourth-order valence-corrected chi connectivity index (χ4v) is 5.30. The van der Waals surface area contributed by atoms with Crippen LogP contribution < -0.4 is 0 Å². The largest absolute Gasteiger partial charge is 0.481 e. The predicted octanol–water partition coefficient (Wildman–Crippen LogP) is 6.32. The van der Waals surface area contributed by atoms with Crippen molar-refractivity contribution in [3.63, 3.8) is 0 Å². The maximum atomic E-state index is 10.8. The first-order valence-electron chi connectivity index (χ1n) is 12.1. The van der Waals surface area contributed by atoms with Crippen LogP contribution in [-0.4, -0.2) is 38.4 Å². The van der Waals surface area contributed by atoms with E-state index in [0.717, 1.165) is 49.7 Å². The Labute approximate surface area is 198 Å². The van der Waals surface area contributed by atoms with Gasteiger partial charge in [0.1, 0.15) is 0 Å². The molecule has 1 aliphatic rings. The third-order valence-electron chi connectivity index (χ3n) is 7.11. The summed E-state index contributed by atoms with van der Waals surface area (Å²) in [4.78, 5) is 10.1. The summed E-state index contributed by atoms with van der Waals surface area (Å²) in [6.45, 7) is 6.34. The molecule has 1 aromatic carbocycles. The highest BCUT2D eigenvalue weighted by Crippen LogP contribution is 2.50. The molecule has 0 aromatic heterocycles. The third-order valence-corrected chi connectivity index (χ3v) is 7.69. The van der Waals surface area contributed by atoms with Crippen LogP contribution in [0.1, 0.15) is 102 Å². The number of rotatable bonds is 13. The lowest BCUT2D eigenvalue weighted by Crippen LogP contribution is -2.34. The van der Waals surface area contributed by atoms with Crippen LogP contribution in [0.5, 0.6) is 0 Å². The second-order valence-corrected chi connectivity index (χ2v) is 10.7. The fourth-order valence-electron chi connectivity index (χ4n) is 4.83. The van der Waals surface area contributed by atoms with Crippen molar-refractivity contribution in [2.75, 3.05) is 0 Å². The first kappa shape index (κ1) is 26.9. The SMILES string of the molecule is CCCCCC(O)C(C)(C)c1ccc(C2C(O)CCC2(Cl)C/C=C\CCCC(=O)O)cc1. The number of hydrogen-bond acceptors (Lipinski definition) is 3. The van der Waals surface area contributed by atoms with Crippen molar-refractivity contribution < 1.29 is 20.1 Å². The fraction of sp³-hybridized carbons (Fsp3) is 0.667. The molecule has 4 unspecified atom stereocenters. The summed E-state index contributed by atoms with van der Waals surface area (Å²) in [6.07, 6.45) is 10.8. The second-order valence-electron chi connectivity index (χ2n) is 9.94. The van der Waals surface area contributed by atoms with Crippen molar-refractivity contribution in [2.45, 2.75) is 113 Å². The molecular formula is C27H41ClO4. The lowest BCUT2D eigenvalue weighted by atomic mass is 9.76. The van der Waals surface area contributed by atoms with Crippen molar-refractivity contribution >= 4 is 17.6 Å². The molecule has 2 rings (SSSR count). The molecule has 0 bridgehead atoms. The Bertz CT molecular complexity index is 743. The second kappa shape index (κ2) is 12.2. The molecule has 0 spiro atoms. The number of carbonyl (C=O) groups is 1. The number of benzene rings is 1. The Morgan fingerprint density at radius 2 is 1.91 bits per heavy atom. The number of carboxylic acids is 1. The normalized spacial score (nSPS) is 24.8. The molecule has 1 saturated carbocycles. The molecule has 1 fully saturated rings. The van der Waals surface area contributed by atoms with Gasteiger partial charge in [-0.1, -0.05) is 76.5 Å². The molecule has 0 radical (unpaired) electrons. The quantitative estimate of drug-likeness (QED) is 0.181. The van der Waals surface area contributed by atoms with Gasteiger partial charge in [-0.05, 0) is 49.7 Å². The Morgan fingerprint density at radius 1 is 1.22 bits per heavy atom. The van der Waals surface area contributed by atoms with Crippen molar-refractivity contribution in [1.29, 1.82) is 0 Å².